The predicted molar refractivity (Wildman–Crippen MR) is 94.9 cm³/mol. The first-order valence-electron chi connectivity index (χ1n) is 8.52. The van der Waals surface area contributed by atoms with Crippen molar-refractivity contribution < 1.29 is 14.6 Å². The molecule has 26 heavy (non-hydrogen) atoms. The van der Waals surface area contributed by atoms with E-state index in [0.29, 0.717) is 17.3 Å². The quantitative estimate of drug-likeness (QED) is 0.534. The topological polar surface area (TPSA) is 135 Å². The van der Waals surface area contributed by atoms with E-state index in [4.69, 9.17) is 21.0 Å². The van der Waals surface area contributed by atoms with E-state index >= 15 is 0 Å². The molecule has 3 rings (SSSR count). The number of ether oxygens (including phenoxy) is 1. The molecule has 1 aliphatic rings. The Morgan fingerprint density at radius 3 is 2.46 bits per heavy atom. The smallest absolute Gasteiger partial charge is 0.303 e. The van der Waals surface area contributed by atoms with Gasteiger partial charge in [0.05, 0.1) is 18.1 Å². The first-order chi connectivity index (χ1) is 12.5. The molecular weight excluding hydrogens is 334 g/mol. The normalized spacial score (nSPS) is 19.7. The van der Waals surface area contributed by atoms with Crippen LogP contribution in [0.4, 0.5) is 0 Å². The van der Waals surface area contributed by atoms with Crippen LogP contribution in [0.1, 0.15) is 37.8 Å². The molecule has 2 aromatic heterocycles. The third-order valence-corrected chi connectivity index (χ3v) is 4.50. The fourth-order valence-corrected chi connectivity index (χ4v) is 3.09. The van der Waals surface area contributed by atoms with Gasteiger partial charge < -0.3 is 15.6 Å². The summed E-state index contributed by atoms with van der Waals surface area (Å²) in [5.41, 5.74) is 7.14. The lowest BCUT2D eigenvalue weighted by Gasteiger charge is -2.27. The Hall–Kier alpha value is -3.03. The summed E-state index contributed by atoms with van der Waals surface area (Å²) in [6.07, 6.45) is 8.42. The van der Waals surface area contributed by atoms with Crippen LogP contribution in [0.15, 0.2) is 30.7 Å². The van der Waals surface area contributed by atoms with Crippen molar-refractivity contribution in [2.45, 2.75) is 38.2 Å². The minimum Gasteiger partial charge on any atom is -0.481 e. The molecule has 2 heterocycles. The summed E-state index contributed by atoms with van der Waals surface area (Å²) in [5.74, 6) is -0.0574. The SMILES string of the molecule is N=C(N)c1cnc(-c2ccc(O[C@H]3CC[C@H](CC(=O)O)CC3)nc2)cn1. The molecule has 1 fully saturated rings. The van der Waals surface area contributed by atoms with Crippen molar-refractivity contribution in [3.8, 4) is 17.1 Å². The average molecular weight is 355 g/mol. The third-order valence-electron chi connectivity index (χ3n) is 4.50. The molecule has 0 amide bonds. The third kappa shape index (κ3) is 4.53. The zero-order chi connectivity index (χ0) is 18.5. The second-order valence-electron chi connectivity index (χ2n) is 6.44. The molecule has 136 valence electrons. The number of hydrogen-bond donors (Lipinski definition) is 3. The Bertz CT molecular complexity index is 768. The molecule has 0 aliphatic heterocycles. The maximum Gasteiger partial charge on any atom is 0.303 e. The van der Waals surface area contributed by atoms with Crippen LogP contribution >= 0.6 is 0 Å². The highest BCUT2D eigenvalue weighted by Gasteiger charge is 2.24. The van der Waals surface area contributed by atoms with Crippen molar-refractivity contribution in [2.75, 3.05) is 0 Å². The van der Waals surface area contributed by atoms with E-state index in [2.05, 4.69) is 15.0 Å². The second-order valence-corrected chi connectivity index (χ2v) is 6.44. The Kier molecular flexibility index (Phi) is 5.40. The van der Waals surface area contributed by atoms with Crippen molar-refractivity contribution in [3.05, 3.63) is 36.4 Å². The van der Waals surface area contributed by atoms with Crippen LogP contribution in [0, 0.1) is 11.3 Å². The number of aromatic nitrogens is 3. The van der Waals surface area contributed by atoms with Crippen molar-refractivity contribution in [1.82, 2.24) is 15.0 Å². The Labute approximate surface area is 151 Å². The van der Waals surface area contributed by atoms with Gasteiger partial charge in [-0.05, 0) is 37.7 Å². The van der Waals surface area contributed by atoms with Gasteiger partial charge in [0.2, 0.25) is 5.88 Å². The molecule has 0 saturated heterocycles. The highest BCUT2D eigenvalue weighted by Crippen LogP contribution is 2.29. The molecular formula is C18H21N5O3. The number of nitrogens with one attached hydrogen (secondary N) is 1. The van der Waals surface area contributed by atoms with Crippen LogP contribution in [-0.4, -0.2) is 38.0 Å². The summed E-state index contributed by atoms with van der Waals surface area (Å²) in [5, 5.41) is 16.2. The predicted octanol–water partition coefficient (Wildman–Crippen LogP) is 2.23. The van der Waals surface area contributed by atoms with Gasteiger partial charge in [0.1, 0.15) is 17.6 Å². The maximum atomic E-state index is 10.8. The van der Waals surface area contributed by atoms with Crippen molar-refractivity contribution in [2.24, 2.45) is 11.7 Å². The number of aliphatic carboxylic acids is 1. The molecule has 2 aromatic rings. The van der Waals surface area contributed by atoms with E-state index in [1.165, 1.54) is 6.20 Å². The van der Waals surface area contributed by atoms with Crippen LogP contribution in [0.3, 0.4) is 0 Å². The minimum atomic E-state index is -0.731. The van der Waals surface area contributed by atoms with Crippen molar-refractivity contribution >= 4 is 11.8 Å². The average Bonchev–Trinajstić information content (AvgIpc) is 2.64. The number of hydrogen-bond acceptors (Lipinski definition) is 6. The van der Waals surface area contributed by atoms with Crippen LogP contribution in [-0.2, 0) is 4.79 Å². The zero-order valence-corrected chi connectivity index (χ0v) is 14.3. The largest absolute Gasteiger partial charge is 0.481 e. The number of pyridine rings is 1. The molecule has 8 heteroatoms. The second kappa shape index (κ2) is 7.90. The van der Waals surface area contributed by atoms with E-state index in [1.54, 1.807) is 18.5 Å². The molecule has 0 unspecified atom stereocenters. The molecule has 0 radical (unpaired) electrons. The van der Waals surface area contributed by atoms with Gasteiger partial charge in [-0.25, -0.2) is 9.97 Å². The number of rotatable bonds is 6. The lowest BCUT2D eigenvalue weighted by atomic mass is 9.85. The summed E-state index contributed by atoms with van der Waals surface area (Å²) in [6, 6.07) is 3.65. The Morgan fingerprint density at radius 1 is 1.15 bits per heavy atom. The van der Waals surface area contributed by atoms with Crippen LogP contribution in [0.25, 0.3) is 11.3 Å². The summed E-state index contributed by atoms with van der Waals surface area (Å²) in [4.78, 5) is 23.4. The monoisotopic (exact) mass is 355 g/mol. The van der Waals surface area contributed by atoms with Gasteiger partial charge in [-0.3, -0.25) is 15.2 Å². The fourth-order valence-electron chi connectivity index (χ4n) is 3.09. The molecule has 0 atom stereocenters. The first-order valence-corrected chi connectivity index (χ1v) is 8.52. The number of carbonyl (C=O) groups is 1. The molecule has 4 N–H and O–H groups in total. The number of nitrogens with zero attached hydrogens (tertiary/aromatic N) is 3. The molecule has 0 bridgehead atoms. The van der Waals surface area contributed by atoms with Crippen molar-refractivity contribution in [1.29, 1.82) is 5.41 Å². The van der Waals surface area contributed by atoms with Crippen LogP contribution in [0.5, 0.6) is 5.88 Å². The Morgan fingerprint density at radius 2 is 1.92 bits per heavy atom. The van der Waals surface area contributed by atoms with E-state index in [-0.39, 0.29) is 24.3 Å². The van der Waals surface area contributed by atoms with E-state index < -0.39 is 5.97 Å². The number of nitrogen functional groups attached to an aromatic ring is 1. The Balaban J connectivity index is 1.56. The number of carboxylic acids is 1. The summed E-state index contributed by atoms with van der Waals surface area (Å²) >= 11 is 0. The van der Waals surface area contributed by atoms with Gasteiger partial charge in [-0.15, -0.1) is 0 Å². The van der Waals surface area contributed by atoms with Gasteiger partial charge in [-0.2, -0.15) is 0 Å². The number of amidine groups is 1. The lowest BCUT2D eigenvalue weighted by molar-refractivity contribution is -0.138. The highest BCUT2D eigenvalue weighted by atomic mass is 16.5. The number of carboxylic acid groups (broad SMARTS) is 1. The van der Waals surface area contributed by atoms with Gasteiger partial charge >= 0.3 is 5.97 Å². The van der Waals surface area contributed by atoms with E-state index in [9.17, 15) is 4.79 Å². The lowest BCUT2D eigenvalue weighted by Crippen LogP contribution is -2.25. The highest BCUT2D eigenvalue weighted by molar-refractivity contribution is 5.92. The maximum absolute atomic E-state index is 10.8. The fraction of sp³-hybridized carbons (Fsp3) is 0.389. The van der Waals surface area contributed by atoms with Crippen molar-refractivity contribution in [3.63, 3.8) is 0 Å². The van der Waals surface area contributed by atoms with Crippen LogP contribution in [0.2, 0.25) is 0 Å². The molecule has 1 saturated carbocycles. The first kappa shape index (κ1) is 17.8. The van der Waals surface area contributed by atoms with Gasteiger partial charge in [0, 0.05) is 24.2 Å². The van der Waals surface area contributed by atoms with Gasteiger partial charge in [0.15, 0.2) is 0 Å². The van der Waals surface area contributed by atoms with Gasteiger partial charge in [0.25, 0.3) is 0 Å². The molecule has 0 aromatic carbocycles. The zero-order valence-electron chi connectivity index (χ0n) is 14.3. The van der Waals surface area contributed by atoms with E-state index in [1.807, 2.05) is 6.07 Å². The summed E-state index contributed by atoms with van der Waals surface area (Å²) < 4.78 is 5.91. The minimum absolute atomic E-state index is 0.0769. The summed E-state index contributed by atoms with van der Waals surface area (Å²) in [6.45, 7) is 0. The van der Waals surface area contributed by atoms with E-state index in [0.717, 1.165) is 31.2 Å². The molecule has 8 nitrogen and oxygen atoms in total. The standard InChI is InChI=1S/C18H21N5O3/c19-18(20)15-10-21-14(9-22-15)12-3-6-16(23-8-12)26-13-4-1-11(2-5-13)7-17(24)25/h3,6,8-11,13H,1-2,4-5,7H2,(H3,19,20)(H,24,25)/t11-,13-. The van der Waals surface area contributed by atoms with Crippen LogP contribution < -0.4 is 10.5 Å². The van der Waals surface area contributed by atoms with Gasteiger partial charge in [-0.1, -0.05) is 0 Å². The number of nitrogens with two attached hydrogens (primary N) is 1. The summed E-state index contributed by atoms with van der Waals surface area (Å²) in [7, 11) is 0. The molecule has 1 aliphatic carbocycles. The molecule has 0 spiro atoms.